The first kappa shape index (κ1) is 17.0. The Morgan fingerprint density at radius 1 is 1.38 bits per heavy atom. The number of methoxy groups -OCH3 is 1. The lowest BCUT2D eigenvalue weighted by Crippen LogP contribution is -2.43. The summed E-state index contributed by atoms with van der Waals surface area (Å²) in [7, 11) is 1.12. The molecule has 0 radical (unpaired) electrons. The number of thioether (sulfide) groups is 1. The van der Waals surface area contributed by atoms with Gasteiger partial charge in [0.2, 0.25) is 5.91 Å². The lowest BCUT2D eigenvalue weighted by molar-refractivity contribution is -0.148. The van der Waals surface area contributed by atoms with Gasteiger partial charge in [0.1, 0.15) is 11.9 Å². The van der Waals surface area contributed by atoms with Crippen LogP contribution in [0.1, 0.15) is 6.42 Å². The largest absolute Gasteiger partial charge is 0.480 e. The molecular formula is C13H14FNO5S. The molecule has 0 aliphatic carbocycles. The smallest absolute Gasteiger partial charge is 0.326 e. The van der Waals surface area contributed by atoms with Crippen molar-refractivity contribution in [3.63, 3.8) is 0 Å². The molecule has 1 aromatic carbocycles. The summed E-state index contributed by atoms with van der Waals surface area (Å²) in [5.74, 6) is -3.32. The van der Waals surface area contributed by atoms with Crippen molar-refractivity contribution in [2.45, 2.75) is 17.4 Å². The minimum absolute atomic E-state index is 0.161. The molecule has 6 nitrogen and oxygen atoms in total. The number of esters is 1. The van der Waals surface area contributed by atoms with Crippen LogP contribution in [-0.4, -0.2) is 41.9 Å². The highest BCUT2D eigenvalue weighted by atomic mass is 32.2. The number of ether oxygens (including phenoxy) is 1. The molecule has 0 spiro atoms. The van der Waals surface area contributed by atoms with Crippen LogP contribution in [0, 0.1) is 5.82 Å². The molecule has 0 bridgehead atoms. The summed E-state index contributed by atoms with van der Waals surface area (Å²) in [6, 6.07) is 4.55. The van der Waals surface area contributed by atoms with Crippen LogP contribution in [0.3, 0.4) is 0 Å². The van der Waals surface area contributed by atoms with Gasteiger partial charge in [0, 0.05) is 4.90 Å². The van der Waals surface area contributed by atoms with Gasteiger partial charge in [0.05, 0.1) is 19.3 Å². The molecule has 0 saturated carbocycles. The summed E-state index contributed by atoms with van der Waals surface area (Å²) in [4.78, 5) is 33.9. The molecule has 0 aliphatic heterocycles. The van der Waals surface area contributed by atoms with E-state index in [-0.39, 0.29) is 10.6 Å². The number of nitrogens with one attached hydrogen (secondary N) is 1. The number of hydrogen-bond acceptors (Lipinski definition) is 5. The number of carboxylic acids is 1. The van der Waals surface area contributed by atoms with Gasteiger partial charge in [0.25, 0.3) is 0 Å². The molecule has 8 heteroatoms. The Bertz CT molecular complexity index is 537. The van der Waals surface area contributed by atoms with Crippen molar-refractivity contribution in [3.05, 3.63) is 30.1 Å². The van der Waals surface area contributed by atoms with Gasteiger partial charge in [-0.3, -0.25) is 9.59 Å². The van der Waals surface area contributed by atoms with E-state index in [2.05, 4.69) is 10.1 Å². The molecule has 1 amide bonds. The number of carboxylic acid groups (broad SMARTS) is 1. The molecule has 1 atom stereocenters. The summed E-state index contributed by atoms with van der Waals surface area (Å²) in [6.45, 7) is 0. The van der Waals surface area contributed by atoms with E-state index in [1.165, 1.54) is 18.2 Å². The number of halogens is 1. The van der Waals surface area contributed by atoms with E-state index in [0.29, 0.717) is 0 Å². The third kappa shape index (κ3) is 5.82. The molecule has 114 valence electrons. The molecule has 0 aliphatic rings. The second-order valence-corrected chi connectivity index (χ2v) is 4.97. The molecule has 0 aromatic heterocycles. The Hall–Kier alpha value is -2.09. The summed E-state index contributed by atoms with van der Waals surface area (Å²) in [5.41, 5.74) is 0. The van der Waals surface area contributed by atoms with Gasteiger partial charge in [-0.25, -0.2) is 9.18 Å². The highest BCUT2D eigenvalue weighted by Crippen LogP contribution is 2.20. The first-order chi connectivity index (χ1) is 9.93. The van der Waals surface area contributed by atoms with E-state index in [1.807, 2.05) is 0 Å². The Morgan fingerprint density at radius 2 is 2.05 bits per heavy atom. The lowest BCUT2D eigenvalue weighted by Gasteiger charge is -2.13. The van der Waals surface area contributed by atoms with Crippen LogP contribution in [-0.2, 0) is 19.1 Å². The van der Waals surface area contributed by atoms with Crippen molar-refractivity contribution in [2.24, 2.45) is 0 Å². The van der Waals surface area contributed by atoms with Crippen LogP contribution in [0.2, 0.25) is 0 Å². The van der Waals surface area contributed by atoms with Crippen molar-refractivity contribution in [1.82, 2.24) is 5.32 Å². The molecule has 0 saturated heterocycles. The topological polar surface area (TPSA) is 92.7 Å². The quantitative estimate of drug-likeness (QED) is 0.577. The fourth-order valence-electron chi connectivity index (χ4n) is 1.39. The van der Waals surface area contributed by atoms with Crippen molar-refractivity contribution >= 4 is 29.6 Å². The Morgan fingerprint density at radius 3 is 2.62 bits per heavy atom. The molecule has 0 unspecified atom stereocenters. The Balaban J connectivity index is 2.53. The molecule has 2 N–H and O–H groups in total. The summed E-state index contributed by atoms with van der Waals surface area (Å²) in [6.07, 6.45) is -0.470. The highest BCUT2D eigenvalue weighted by Gasteiger charge is 2.23. The average Bonchev–Trinajstić information content (AvgIpc) is 2.45. The van der Waals surface area contributed by atoms with Gasteiger partial charge >= 0.3 is 11.9 Å². The van der Waals surface area contributed by atoms with E-state index in [9.17, 15) is 18.8 Å². The van der Waals surface area contributed by atoms with Crippen molar-refractivity contribution in [2.75, 3.05) is 12.9 Å². The number of carbonyl (C=O) groups excluding carboxylic acids is 2. The Kier molecular flexibility index (Phi) is 6.67. The van der Waals surface area contributed by atoms with E-state index in [0.717, 1.165) is 18.9 Å². The number of carbonyl (C=O) groups is 3. The average molecular weight is 315 g/mol. The van der Waals surface area contributed by atoms with Gasteiger partial charge in [-0.2, -0.15) is 0 Å². The normalized spacial score (nSPS) is 11.5. The highest BCUT2D eigenvalue weighted by molar-refractivity contribution is 8.00. The maximum absolute atomic E-state index is 13.3. The maximum atomic E-state index is 13.3. The molecule has 1 aromatic rings. The van der Waals surface area contributed by atoms with Crippen LogP contribution in [0.15, 0.2) is 29.2 Å². The number of rotatable bonds is 7. The second kappa shape index (κ2) is 8.25. The monoisotopic (exact) mass is 315 g/mol. The van der Waals surface area contributed by atoms with Gasteiger partial charge in [-0.05, 0) is 12.1 Å². The zero-order valence-corrected chi connectivity index (χ0v) is 12.0. The SMILES string of the molecule is COC(=O)C[C@H](NC(=O)CSc1ccccc1F)C(=O)O. The predicted molar refractivity (Wildman–Crippen MR) is 73.3 cm³/mol. The van der Waals surface area contributed by atoms with E-state index >= 15 is 0 Å². The van der Waals surface area contributed by atoms with Crippen LogP contribution in [0.5, 0.6) is 0 Å². The lowest BCUT2D eigenvalue weighted by atomic mass is 10.2. The number of benzene rings is 1. The van der Waals surface area contributed by atoms with Gasteiger partial charge in [-0.15, -0.1) is 11.8 Å². The molecular weight excluding hydrogens is 301 g/mol. The fourth-order valence-corrected chi connectivity index (χ4v) is 2.14. The van der Waals surface area contributed by atoms with Gasteiger partial charge in [0.15, 0.2) is 0 Å². The van der Waals surface area contributed by atoms with Crippen molar-refractivity contribution in [3.8, 4) is 0 Å². The summed E-state index contributed by atoms with van der Waals surface area (Å²) in [5, 5.41) is 11.1. The zero-order chi connectivity index (χ0) is 15.8. The van der Waals surface area contributed by atoms with Crippen molar-refractivity contribution in [1.29, 1.82) is 0 Å². The minimum Gasteiger partial charge on any atom is -0.480 e. The van der Waals surface area contributed by atoms with E-state index < -0.39 is 36.1 Å². The van der Waals surface area contributed by atoms with Gasteiger partial charge < -0.3 is 15.2 Å². The number of hydrogen-bond donors (Lipinski definition) is 2. The predicted octanol–water partition coefficient (Wildman–Crippen LogP) is 1.05. The van der Waals surface area contributed by atoms with Crippen molar-refractivity contribution < 1.29 is 28.6 Å². The molecule has 0 fully saturated rings. The minimum atomic E-state index is -1.37. The van der Waals surface area contributed by atoms with Crippen LogP contribution in [0.25, 0.3) is 0 Å². The van der Waals surface area contributed by atoms with Gasteiger partial charge in [-0.1, -0.05) is 12.1 Å². The fraction of sp³-hybridized carbons (Fsp3) is 0.308. The third-order valence-electron chi connectivity index (χ3n) is 2.43. The van der Waals surface area contributed by atoms with Crippen LogP contribution >= 0.6 is 11.8 Å². The van der Waals surface area contributed by atoms with E-state index in [1.54, 1.807) is 6.07 Å². The maximum Gasteiger partial charge on any atom is 0.326 e. The third-order valence-corrected chi connectivity index (χ3v) is 3.48. The van der Waals surface area contributed by atoms with E-state index in [4.69, 9.17) is 5.11 Å². The molecule has 0 heterocycles. The number of aliphatic carboxylic acids is 1. The first-order valence-corrected chi connectivity index (χ1v) is 6.89. The standard InChI is InChI=1S/C13H14FNO5S/c1-20-12(17)6-9(13(18)19)15-11(16)7-21-10-5-3-2-4-8(10)14/h2-5,9H,6-7H2,1H3,(H,15,16)(H,18,19)/t9-/m0/s1. The molecule has 1 rings (SSSR count). The summed E-state index contributed by atoms with van der Waals surface area (Å²) >= 11 is 0.937. The number of amides is 1. The zero-order valence-electron chi connectivity index (χ0n) is 11.2. The van der Waals surface area contributed by atoms with Crippen LogP contribution in [0.4, 0.5) is 4.39 Å². The summed E-state index contributed by atoms with van der Waals surface area (Å²) < 4.78 is 17.7. The Labute approximate surface area is 124 Å². The second-order valence-electron chi connectivity index (χ2n) is 3.96. The van der Waals surface area contributed by atoms with Crippen LogP contribution < -0.4 is 5.32 Å². The first-order valence-electron chi connectivity index (χ1n) is 5.90. The molecule has 21 heavy (non-hydrogen) atoms.